The van der Waals surface area contributed by atoms with Crippen LogP contribution in [0.2, 0.25) is 0 Å². The first kappa shape index (κ1) is 19.1. The standard InChI is InChI=1S/C22H23N3O4S/c1-25(12-18-23-15-7-10-30-19(15)20(26)24-18)21(27)22(8-3-2-4-9-22)14-5-6-16-17(11-14)29-13-28-16/h5-7,10-11H,2-4,8-9,12-13H2,1H3,(H,23,24,26). The fourth-order valence-electron chi connectivity index (χ4n) is 4.63. The first-order chi connectivity index (χ1) is 14.6. The minimum absolute atomic E-state index is 0.0501. The Balaban J connectivity index is 1.46. The number of carbonyl (C=O) groups excluding carboxylic acids is 1. The lowest BCUT2D eigenvalue weighted by molar-refractivity contribution is -0.138. The van der Waals surface area contributed by atoms with E-state index in [1.807, 2.05) is 29.6 Å². The second-order valence-electron chi connectivity index (χ2n) is 8.02. The van der Waals surface area contributed by atoms with E-state index >= 15 is 0 Å². The highest BCUT2D eigenvalue weighted by Gasteiger charge is 2.43. The van der Waals surface area contributed by atoms with Crippen molar-refractivity contribution in [3.8, 4) is 11.5 Å². The van der Waals surface area contributed by atoms with Gasteiger partial charge < -0.3 is 19.4 Å². The zero-order valence-corrected chi connectivity index (χ0v) is 17.6. The lowest BCUT2D eigenvalue weighted by Crippen LogP contribution is -2.46. The van der Waals surface area contributed by atoms with Gasteiger partial charge in [-0.25, -0.2) is 4.98 Å². The SMILES string of the molecule is CN(Cc1nc2ccsc2c(=O)[nH]1)C(=O)C1(c2ccc3c(c2)OCO3)CCCCC1. The van der Waals surface area contributed by atoms with Gasteiger partial charge in [0.2, 0.25) is 12.7 Å². The smallest absolute Gasteiger partial charge is 0.268 e. The molecule has 0 spiro atoms. The molecule has 0 bridgehead atoms. The van der Waals surface area contributed by atoms with Crippen LogP contribution in [0.15, 0.2) is 34.4 Å². The number of H-pyrrole nitrogens is 1. The molecule has 1 amide bonds. The number of benzene rings is 1. The molecule has 1 aliphatic carbocycles. The van der Waals surface area contributed by atoms with Gasteiger partial charge in [0, 0.05) is 7.05 Å². The molecule has 3 aromatic rings. The monoisotopic (exact) mass is 425 g/mol. The Hall–Kier alpha value is -2.87. The number of carbonyl (C=O) groups is 1. The summed E-state index contributed by atoms with van der Waals surface area (Å²) in [6.07, 6.45) is 4.73. The second kappa shape index (κ2) is 7.43. The third-order valence-corrected chi connectivity index (χ3v) is 7.04. The van der Waals surface area contributed by atoms with E-state index in [0.29, 0.717) is 21.8 Å². The summed E-state index contributed by atoms with van der Waals surface area (Å²) in [6.45, 7) is 0.468. The largest absolute Gasteiger partial charge is 0.454 e. The molecule has 0 radical (unpaired) electrons. The third-order valence-electron chi connectivity index (χ3n) is 6.14. The number of nitrogens with one attached hydrogen (secondary N) is 1. The van der Waals surface area contributed by atoms with E-state index in [0.717, 1.165) is 43.4 Å². The van der Waals surface area contributed by atoms with Crippen molar-refractivity contribution >= 4 is 27.5 Å². The van der Waals surface area contributed by atoms with Crippen LogP contribution in [0, 0.1) is 0 Å². The summed E-state index contributed by atoms with van der Waals surface area (Å²) in [5.41, 5.74) is 0.885. The lowest BCUT2D eigenvalue weighted by atomic mass is 9.68. The maximum atomic E-state index is 13.8. The summed E-state index contributed by atoms with van der Waals surface area (Å²) in [4.78, 5) is 35.1. The van der Waals surface area contributed by atoms with Gasteiger partial charge in [-0.1, -0.05) is 25.3 Å². The Kier molecular flexibility index (Phi) is 4.73. The lowest BCUT2D eigenvalue weighted by Gasteiger charge is -2.39. The summed E-state index contributed by atoms with van der Waals surface area (Å²) in [6, 6.07) is 7.67. The van der Waals surface area contributed by atoms with Crippen LogP contribution in [-0.4, -0.2) is 34.6 Å². The first-order valence-corrected chi connectivity index (χ1v) is 11.1. The van der Waals surface area contributed by atoms with Gasteiger partial charge in [-0.3, -0.25) is 9.59 Å². The number of aromatic nitrogens is 2. The van der Waals surface area contributed by atoms with Crippen LogP contribution in [0.4, 0.5) is 0 Å². The molecule has 156 valence electrons. The topological polar surface area (TPSA) is 84.5 Å². The number of ether oxygens (including phenoxy) is 2. The van der Waals surface area contributed by atoms with Crippen LogP contribution in [-0.2, 0) is 16.8 Å². The van der Waals surface area contributed by atoms with Crippen molar-refractivity contribution in [2.45, 2.75) is 44.1 Å². The first-order valence-electron chi connectivity index (χ1n) is 10.2. The molecule has 3 heterocycles. The summed E-state index contributed by atoms with van der Waals surface area (Å²) < 4.78 is 11.6. The van der Waals surface area contributed by atoms with Gasteiger partial charge in [-0.05, 0) is 42.0 Å². The number of fused-ring (bicyclic) bond motifs is 2. The molecule has 0 unspecified atom stereocenters. The van der Waals surface area contributed by atoms with Gasteiger partial charge >= 0.3 is 0 Å². The van der Waals surface area contributed by atoms with E-state index in [-0.39, 0.29) is 24.8 Å². The molecule has 1 fully saturated rings. The zero-order chi connectivity index (χ0) is 20.7. The molecular formula is C22H23N3O4S. The molecule has 1 aliphatic heterocycles. The summed E-state index contributed by atoms with van der Waals surface area (Å²) >= 11 is 1.37. The van der Waals surface area contributed by atoms with Crippen LogP contribution < -0.4 is 15.0 Å². The van der Waals surface area contributed by atoms with Gasteiger partial charge in [-0.15, -0.1) is 11.3 Å². The van der Waals surface area contributed by atoms with E-state index in [2.05, 4.69) is 9.97 Å². The minimum Gasteiger partial charge on any atom is -0.454 e. The van der Waals surface area contributed by atoms with Crippen LogP contribution in [0.5, 0.6) is 11.5 Å². The number of likely N-dealkylation sites (N-methyl/N-ethyl adjacent to an activating group) is 1. The second-order valence-corrected chi connectivity index (χ2v) is 8.94. The highest BCUT2D eigenvalue weighted by atomic mass is 32.1. The van der Waals surface area contributed by atoms with E-state index in [9.17, 15) is 9.59 Å². The number of thiophene rings is 1. The average Bonchev–Trinajstić information content (AvgIpc) is 3.42. The van der Waals surface area contributed by atoms with Crippen molar-refractivity contribution in [2.24, 2.45) is 0 Å². The molecular weight excluding hydrogens is 402 g/mol. The number of hydrogen-bond acceptors (Lipinski definition) is 6. The highest BCUT2D eigenvalue weighted by molar-refractivity contribution is 7.17. The molecule has 7 nitrogen and oxygen atoms in total. The van der Waals surface area contributed by atoms with E-state index in [1.165, 1.54) is 11.3 Å². The molecule has 30 heavy (non-hydrogen) atoms. The number of amides is 1. The third kappa shape index (κ3) is 3.15. The average molecular weight is 426 g/mol. The summed E-state index contributed by atoms with van der Waals surface area (Å²) in [7, 11) is 1.78. The zero-order valence-electron chi connectivity index (χ0n) is 16.8. The van der Waals surface area contributed by atoms with Gasteiger partial charge in [0.05, 0.1) is 17.5 Å². The maximum Gasteiger partial charge on any atom is 0.268 e. The van der Waals surface area contributed by atoms with Crippen LogP contribution in [0.3, 0.4) is 0 Å². The molecule has 1 N–H and O–H groups in total. The van der Waals surface area contributed by atoms with Crippen molar-refractivity contribution in [2.75, 3.05) is 13.8 Å². The fraction of sp³-hybridized carbons (Fsp3) is 0.409. The molecule has 8 heteroatoms. The van der Waals surface area contributed by atoms with E-state index in [4.69, 9.17) is 9.47 Å². The summed E-state index contributed by atoms with van der Waals surface area (Å²) in [5, 5.41) is 1.85. The quantitative estimate of drug-likeness (QED) is 0.691. The summed E-state index contributed by atoms with van der Waals surface area (Å²) in [5.74, 6) is 1.96. The molecule has 2 aromatic heterocycles. The molecule has 1 aromatic carbocycles. The predicted molar refractivity (Wildman–Crippen MR) is 114 cm³/mol. The van der Waals surface area contributed by atoms with E-state index in [1.54, 1.807) is 11.9 Å². The number of nitrogens with zero attached hydrogens (tertiary/aromatic N) is 2. The van der Waals surface area contributed by atoms with Crippen LogP contribution in [0.1, 0.15) is 43.5 Å². The van der Waals surface area contributed by atoms with Gasteiger partial charge in [0.25, 0.3) is 5.56 Å². The van der Waals surface area contributed by atoms with Gasteiger partial charge in [0.1, 0.15) is 10.5 Å². The number of aromatic amines is 1. The molecule has 5 rings (SSSR count). The highest BCUT2D eigenvalue weighted by Crippen LogP contribution is 2.44. The minimum atomic E-state index is -0.596. The maximum absolute atomic E-state index is 13.8. The predicted octanol–water partition coefficient (Wildman–Crippen LogP) is 3.57. The number of hydrogen-bond donors (Lipinski definition) is 1. The number of rotatable bonds is 4. The van der Waals surface area contributed by atoms with Crippen molar-refractivity contribution in [1.29, 1.82) is 0 Å². The van der Waals surface area contributed by atoms with Crippen molar-refractivity contribution < 1.29 is 14.3 Å². The van der Waals surface area contributed by atoms with Crippen molar-refractivity contribution in [3.05, 3.63) is 51.4 Å². The molecule has 0 atom stereocenters. The Morgan fingerprint density at radius 1 is 1.20 bits per heavy atom. The fourth-order valence-corrected chi connectivity index (χ4v) is 5.36. The van der Waals surface area contributed by atoms with Crippen molar-refractivity contribution in [3.63, 3.8) is 0 Å². The normalized spacial score (nSPS) is 17.2. The van der Waals surface area contributed by atoms with Crippen LogP contribution >= 0.6 is 11.3 Å². The van der Waals surface area contributed by atoms with Gasteiger partial charge in [-0.2, -0.15) is 0 Å². The molecule has 2 aliphatic rings. The Morgan fingerprint density at radius 2 is 2.00 bits per heavy atom. The Morgan fingerprint density at radius 3 is 2.83 bits per heavy atom. The molecule has 0 saturated heterocycles. The Labute approximate surface area is 177 Å². The van der Waals surface area contributed by atoms with E-state index < -0.39 is 5.41 Å². The van der Waals surface area contributed by atoms with Crippen molar-refractivity contribution in [1.82, 2.24) is 14.9 Å². The molecule has 1 saturated carbocycles. The Bertz CT molecular complexity index is 1160. The van der Waals surface area contributed by atoms with Gasteiger partial charge in [0.15, 0.2) is 11.5 Å². The van der Waals surface area contributed by atoms with Crippen LogP contribution in [0.25, 0.3) is 10.2 Å².